The molecule has 1 saturated heterocycles. The molecule has 23 heavy (non-hydrogen) atoms. The molecule has 1 amide bonds. The number of morpholine rings is 1. The number of hydrogen-bond acceptors (Lipinski definition) is 5. The number of benzene rings is 1. The molecule has 7 heteroatoms. The minimum atomic E-state index is -0.0343. The number of thiophene rings is 1. The van der Waals surface area contributed by atoms with Gasteiger partial charge in [-0.3, -0.25) is 4.79 Å². The van der Waals surface area contributed by atoms with Crippen molar-refractivity contribution in [3.8, 4) is 0 Å². The van der Waals surface area contributed by atoms with Gasteiger partial charge < -0.3 is 9.64 Å². The van der Waals surface area contributed by atoms with E-state index in [1.165, 1.54) is 0 Å². The Morgan fingerprint density at radius 1 is 1.39 bits per heavy atom. The summed E-state index contributed by atoms with van der Waals surface area (Å²) in [5.74, 6) is 0.0161. The monoisotopic (exact) mass is 328 g/mol. The highest BCUT2D eigenvalue weighted by Gasteiger charge is 2.27. The summed E-state index contributed by atoms with van der Waals surface area (Å²) in [6, 6.07) is 9.59. The van der Waals surface area contributed by atoms with Gasteiger partial charge >= 0.3 is 0 Å². The number of fused-ring (bicyclic) bond motifs is 1. The van der Waals surface area contributed by atoms with Crippen LogP contribution in [0.2, 0.25) is 0 Å². The molecule has 1 aliphatic rings. The van der Waals surface area contributed by atoms with Crippen LogP contribution in [0.3, 0.4) is 0 Å². The van der Waals surface area contributed by atoms with Crippen LogP contribution in [0.5, 0.6) is 0 Å². The SMILES string of the molecule is Cn1nnc2cc(C(=O)N3CCO[C@@H](c4cccs4)C3)ccc21. The molecule has 4 rings (SSSR count). The summed E-state index contributed by atoms with van der Waals surface area (Å²) in [6.07, 6.45) is -0.0343. The van der Waals surface area contributed by atoms with Crippen molar-refractivity contribution in [3.05, 3.63) is 46.2 Å². The van der Waals surface area contributed by atoms with E-state index in [4.69, 9.17) is 4.74 Å². The molecule has 1 aliphatic heterocycles. The third kappa shape index (κ3) is 2.62. The molecule has 1 aromatic carbocycles. The Morgan fingerprint density at radius 3 is 3.13 bits per heavy atom. The van der Waals surface area contributed by atoms with Gasteiger partial charge in [0.05, 0.1) is 18.7 Å². The van der Waals surface area contributed by atoms with Crippen molar-refractivity contribution in [2.24, 2.45) is 7.05 Å². The number of ether oxygens (including phenoxy) is 1. The lowest BCUT2D eigenvalue weighted by Gasteiger charge is -2.32. The average molecular weight is 328 g/mol. The van der Waals surface area contributed by atoms with Crippen LogP contribution in [0.4, 0.5) is 0 Å². The Bertz CT molecular complexity index is 843. The van der Waals surface area contributed by atoms with Crippen molar-refractivity contribution < 1.29 is 9.53 Å². The van der Waals surface area contributed by atoms with Crippen molar-refractivity contribution in [3.63, 3.8) is 0 Å². The van der Waals surface area contributed by atoms with Crippen molar-refractivity contribution in [1.29, 1.82) is 0 Å². The van der Waals surface area contributed by atoms with Gasteiger partial charge in [0.1, 0.15) is 11.6 Å². The topological polar surface area (TPSA) is 60.2 Å². The second-order valence-corrected chi connectivity index (χ2v) is 6.52. The first-order valence-corrected chi connectivity index (χ1v) is 8.34. The van der Waals surface area contributed by atoms with Gasteiger partial charge in [-0.2, -0.15) is 0 Å². The summed E-state index contributed by atoms with van der Waals surface area (Å²) in [6.45, 7) is 1.75. The zero-order valence-corrected chi connectivity index (χ0v) is 13.5. The van der Waals surface area contributed by atoms with Gasteiger partial charge in [-0.1, -0.05) is 11.3 Å². The fourth-order valence-electron chi connectivity index (χ4n) is 2.84. The molecule has 0 saturated carbocycles. The molecule has 0 unspecified atom stereocenters. The quantitative estimate of drug-likeness (QED) is 0.724. The van der Waals surface area contributed by atoms with Crippen LogP contribution in [0.25, 0.3) is 11.0 Å². The van der Waals surface area contributed by atoms with Crippen LogP contribution < -0.4 is 0 Å². The van der Waals surface area contributed by atoms with Gasteiger partial charge in [-0.05, 0) is 29.6 Å². The fourth-order valence-corrected chi connectivity index (χ4v) is 3.60. The van der Waals surface area contributed by atoms with Gasteiger partial charge in [-0.15, -0.1) is 16.4 Å². The molecule has 3 heterocycles. The molecular formula is C16H16N4O2S. The Kier molecular flexibility index (Phi) is 3.59. The predicted octanol–water partition coefficient (Wildman–Crippen LogP) is 2.24. The smallest absolute Gasteiger partial charge is 0.254 e. The summed E-state index contributed by atoms with van der Waals surface area (Å²) < 4.78 is 7.50. The molecule has 0 bridgehead atoms. The molecule has 118 valence electrons. The zero-order chi connectivity index (χ0) is 15.8. The Morgan fingerprint density at radius 2 is 2.30 bits per heavy atom. The summed E-state index contributed by atoms with van der Waals surface area (Å²) in [4.78, 5) is 15.8. The largest absolute Gasteiger partial charge is 0.369 e. The minimum Gasteiger partial charge on any atom is -0.369 e. The van der Waals surface area contributed by atoms with E-state index in [-0.39, 0.29) is 12.0 Å². The van der Waals surface area contributed by atoms with E-state index in [1.54, 1.807) is 22.1 Å². The number of amides is 1. The van der Waals surface area contributed by atoms with Crippen LogP contribution in [-0.4, -0.2) is 45.5 Å². The number of carbonyl (C=O) groups excluding carboxylic acids is 1. The van der Waals surface area contributed by atoms with E-state index in [1.807, 2.05) is 35.5 Å². The van der Waals surface area contributed by atoms with Gasteiger partial charge in [0.25, 0.3) is 5.91 Å². The maximum atomic E-state index is 12.8. The van der Waals surface area contributed by atoms with E-state index < -0.39 is 0 Å². The van der Waals surface area contributed by atoms with E-state index in [9.17, 15) is 4.79 Å². The molecule has 0 radical (unpaired) electrons. The van der Waals surface area contributed by atoms with Gasteiger partial charge in [0, 0.05) is 24.0 Å². The lowest BCUT2D eigenvalue weighted by Crippen LogP contribution is -2.42. The van der Waals surface area contributed by atoms with Gasteiger partial charge in [0.15, 0.2) is 0 Å². The van der Waals surface area contributed by atoms with Crippen LogP contribution in [0.15, 0.2) is 35.7 Å². The maximum absolute atomic E-state index is 12.8. The van der Waals surface area contributed by atoms with Gasteiger partial charge in [0.2, 0.25) is 0 Å². The lowest BCUT2D eigenvalue weighted by molar-refractivity contribution is -0.0211. The first kappa shape index (κ1) is 14.3. The summed E-state index contributed by atoms with van der Waals surface area (Å²) in [7, 11) is 1.84. The number of nitrogens with zero attached hydrogens (tertiary/aromatic N) is 4. The Hall–Kier alpha value is -2.25. The molecule has 0 aliphatic carbocycles. The Labute approximate surface area is 137 Å². The molecule has 0 spiro atoms. The summed E-state index contributed by atoms with van der Waals surface area (Å²) in [5, 5.41) is 10.1. The highest BCUT2D eigenvalue weighted by molar-refractivity contribution is 7.10. The number of aromatic nitrogens is 3. The van der Waals surface area contributed by atoms with Crippen LogP contribution >= 0.6 is 11.3 Å². The molecule has 1 atom stereocenters. The normalized spacial score (nSPS) is 18.5. The van der Waals surface area contributed by atoms with Gasteiger partial charge in [-0.25, -0.2) is 4.68 Å². The third-order valence-corrected chi connectivity index (χ3v) is 5.04. The highest BCUT2D eigenvalue weighted by atomic mass is 32.1. The second-order valence-electron chi connectivity index (χ2n) is 5.54. The number of rotatable bonds is 2. The van der Waals surface area contributed by atoms with Crippen molar-refractivity contribution in [2.75, 3.05) is 19.7 Å². The van der Waals surface area contributed by atoms with E-state index in [0.717, 1.165) is 15.9 Å². The molecule has 6 nitrogen and oxygen atoms in total. The first-order valence-electron chi connectivity index (χ1n) is 7.46. The van der Waals surface area contributed by atoms with E-state index >= 15 is 0 Å². The molecule has 3 aromatic rings. The number of hydrogen-bond donors (Lipinski definition) is 0. The molecule has 0 N–H and O–H groups in total. The molecule has 2 aromatic heterocycles. The van der Waals surface area contributed by atoms with Crippen LogP contribution in [0, 0.1) is 0 Å². The molecular weight excluding hydrogens is 312 g/mol. The number of aryl methyl sites for hydroxylation is 1. The Balaban J connectivity index is 1.57. The van der Waals surface area contributed by atoms with E-state index in [0.29, 0.717) is 25.3 Å². The summed E-state index contributed by atoms with van der Waals surface area (Å²) >= 11 is 1.66. The fraction of sp³-hybridized carbons (Fsp3) is 0.312. The van der Waals surface area contributed by atoms with E-state index in [2.05, 4.69) is 16.4 Å². The van der Waals surface area contributed by atoms with Crippen LogP contribution in [-0.2, 0) is 11.8 Å². The standard InChI is InChI=1S/C16H16N4O2S/c1-19-13-5-4-11(9-12(13)17-18-19)16(21)20-6-7-22-14(10-20)15-3-2-8-23-15/h2-5,8-9,14H,6-7,10H2,1H3/t14-/m1/s1. The van der Waals surface area contributed by atoms with Crippen molar-refractivity contribution in [2.45, 2.75) is 6.10 Å². The highest BCUT2D eigenvalue weighted by Crippen LogP contribution is 2.27. The first-order chi connectivity index (χ1) is 11.2. The van der Waals surface area contributed by atoms with Crippen molar-refractivity contribution >= 4 is 28.3 Å². The number of carbonyl (C=O) groups is 1. The summed E-state index contributed by atoms with van der Waals surface area (Å²) in [5.41, 5.74) is 2.30. The zero-order valence-electron chi connectivity index (χ0n) is 12.7. The average Bonchev–Trinajstić information content (AvgIpc) is 3.24. The van der Waals surface area contributed by atoms with Crippen LogP contribution in [0.1, 0.15) is 21.3 Å². The third-order valence-electron chi connectivity index (χ3n) is 4.07. The van der Waals surface area contributed by atoms with Crippen molar-refractivity contribution in [1.82, 2.24) is 19.9 Å². The lowest BCUT2D eigenvalue weighted by atomic mass is 10.1. The predicted molar refractivity (Wildman–Crippen MR) is 87.4 cm³/mol. The minimum absolute atomic E-state index is 0.0161. The molecule has 1 fully saturated rings. The maximum Gasteiger partial charge on any atom is 0.254 e. The second kappa shape index (κ2) is 5.75.